The molecule has 144 valence electrons. The van der Waals surface area contributed by atoms with E-state index in [1.54, 1.807) is 19.1 Å². The fraction of sp³-hybridized carbons (Fsp3) is 0.412. The molecule has 1 aliphatic rings. The molecule has 0 saturated heterocycles. The predicted molar refractivity (Wildman–Crippen MR) is 105 cm³/mol. The zero-order valence-electron chi connectivity index (χ0n) is 14.2. The van der Waals surface area contributed by atoms with Crippen LogP contribution in [0, 0.1) is 18.7 Å². The summed E-state index contributed by atoms with van der Waals surface area (Å²) < 4.78 is 18.4. The maximum atomic E-state index is 12.9. The first-order valence-electron chi connectivity index (χ1n) is 7.91. The number of benzene rings is 1. The molecule has 5 nitrogen and oxygen atoms in total. The topological polar surface area (TPSA) is 77.2 Å². The standard InChI is InChI=1S/C17H20FN3O2S.2ClH/c1-10-16(17(22)20-8-14(19)11-2-3-11)24-15(21-10)9-23-13-6-4-12(18)5-7-13;;/h4-7,11,14H,2-3,8-9,19H2,1H3,(H,20,22);2*1H. The minimum atomic E-state index is -0.309. The summed E-state index contributed by atoms with van der Waals surface area (Å²) in [6, 6.07) is 5.82. The number of halogens is 3. The third-order valence-electron chi connectivity index (χ3n) is 3.95. The Bertz CT molecular complexity index is 723. The van der Waals surface area contributed by atoms with Crippen LogP contribution >= 0.6 is 36.2 Å². The van der Waals surface area contributed by atoms with Crippen LogP contribution in [0.4, 0.5) is 4.39 Å². The average molecular weight is 422 g/mol. The summed E-state index contributed by atoms with van der Waals surface area (Å²) >= 11 is 1.30. The molecule has 1 heterocycles. The molecule has 9 heteroatoms. The van der Waals surface area contributed by atoms with Crippen molar-refractivity contribution < 1.29 is 13.9 Å². The molecule has 1 unspecified atom stereocenters. The highest BCUT2D eigenvalue weighted by Gasteiger charge is 2.28. The number of nitrogens with one attached hydrogen (secondary N) is 1. The van der Waals surface area contributed by atoms with Crippen molar-refractivity contribution in [2.75, 3.05) is 6.54 Å². The number of ether oxygens (including phenoxy) is 1. The lowest BCUT2D eigenvalue weighted by molar-refractivity contribution is 0.0953. The fourth-order valence-electron chi connectivity index (χ4n) is 2.38. The van der Waals surface area contributed by atoms with Crippen LogP contribution in [-0.4, -0.2) is 23.5 Å². The molecule has 1 fully saturated rings. The molecule has 0 spiro atoms. The number of aryl methyl sites for hydroxylation is 1. The van der Waals surface area contributed by atoms with Crippen LogP contribution in [0.15, 0.2) is 24.3 Å². The SMILES string of the molecule is Cc1nc(COc2ccc(F)cc2)sc1C(=O)NCC(N)C1CC1.Cl.Cl. The summed E-state index contributed by atoms with van der Waals surface area (Å²) in [5.74, 6) is 0.656. The minimum Gasteiger partial charge on any atom is -0.486 e. The third-order valence-corrected chi connectivity index (χ3v) is 5.08. The number of hydrogen-bond donors (Lipinski definition) is 2. The largest absolute Gasteiger partial charge is 0.486 e. The predicted octanol–water partition coefficient (Wildman–Crippen LogP) is 3.48. The summed E-state index contributed by atoms with van der Waals surface area (Å²) in [4.78, 5) is 17.2. The maximum Gasteiger partial charge on any atom is 0.263 e. The summed E-state index contributed by atoms with van der Waals surface area (Å²) in [6.07, 6.45) is 2.31. The van der Waals surface area contributed by atoms with Gasteiger partial charge in [-0.3, -0.25) is 4.79 Å². The van der Waals surface area contributed by atoms with E-state index in [4.69, 9.17) is 10.5 Å². The fourth-order valence-corrected chi connectivity index (χ4v) is 3.28. The highest BCUT2D eigenvalue weighted by Crippen LogP contribution is 2.31. The first kappa shape index (κ1) is 22.6. The van der Waals surface area contributed by atoms with Crippen molar-refractivity contribution in [2.45, 2.75) is 32.4 Å². The van der Waals surface area contributed by atoms with Crippen molar-refractivity contribution in [2.24, 2.45) is 11.7 Å². The van der Waals surface area contributed by atoms with Gasteiger partial charge in [0.2, 0.25) is 0 Å². The normalized spacial score (nSPS) is 14.0. The highest BCUT2D eigenvalue weighted by molar-refractivity contribution is 7.13. The van der Waals surface area contributed by atoms with Crippen molar-refractivity contribution in [1.82, 2.24) is 10.3 Å². The molecule has 1 amide bonds. The van der Waals surface area contributed by atoms with Gasteiger partial charge in [-0.1, -0.05) is 0 Å². The van der Waals surface area contributed by atoms with Gasteiger partial charge >= 0.3 is 0 Å². The zero-order valence-corrected chi connectivity index (χ0v) is 16.7. The van der Waals surface area contributed by atoms with E-state index in [1.165, 1.54) is 23.5 Å². The van der Waals surface area contributed by atoms with E-state index in [1.807, 2.05) is 0 Å². The molecule has 3 rings (SSSR count). The molecule has 2 aromatic rings. The van der Waals surface area contributed by atoms with Gasteiger partial charge in [0.1, 0.15) is 28.1 Å². The Morgan fingerprint density at radius 2 is 2.04 bits per heavy atom. The number of amides is 1. The number of nitrogens with zero attached hydrogens (tertiary/aromatic N) is 1. The molecule has 1 aromatic carbocycles. The molecular weight excluding hydrogens is 400 g/mol. The summed E-state index contributed by atoms with van der Waals surface area (Å²) in [5, 5.41) is 3.58. The number of rotatable bonds is 7. The molecule has 0 bridgehead atoms. The van der Waals surface area contributed by atoms with Gasteiger partial charge in [0, 0.05) is 12.6 Å². The number of carbonyl (C=O) groups excluding carboxylic acids is 1. The van der Waals surface area contributed by atoms with Gasteiger partial charge in [0.15, 0.2) is 0 Å². The van der Waals surface area contributed by atoms with Gasteiger partial charge in [0.25, 0.3) is 5.91 Å². The quantitative estimate of drug-likeness (QED) is 0.716. The smallest absolute Gasteiger partial charge is 0.263 e. The van der Waals surface area contributed by atoms with Crippen LogP contribution in [0.25, 0.3) is 0 Å². The lowest BCUT2D eigenvalue weighted by atomic mass is 10.2. The number of thiazole rings is 1. The van der Waals surface area contributed by atoms with E-state index in [2.05, 4.69) is 10.3 Å². The van der Waals surface area contributed by atoms with E-state index in [0.717, 1.165) is 12.8 Å². The maximum absolute atomic E-state index is 12.9. The Morgan fingerprint density at radius 3 is 2.65 bits per heavy atom. The first-order valence-corrected chi connectivity index (χ1v) is 8.73. The second-order valence-electron chi connectivity index (χ2n) is 5.98. The monoisotopic (exact) mass is 421 g/mol. The minimum absolute atomic E-state index is 0. The summed E-state index contributed by atoms with van der Waals surface area (Å²) in [6.45, 7) is 2.53. The van der Waals surface area contributed by atoms with Crippen LogP contribution in [0.5, 0.6) is 5.75 Å². The Balaban J connectivity index is 0.00000169. The number of nitrogens with two attached hydrogens (primary N) is 1. The van der Waals surface area contributed by atoms with E-state index in [9.17, 15) is 9.18 Å². The lowest BCUT2D eigenvalue weighted by Gasteiger charge is -2.10. The average Bonchev–Trinajstić information content (AvgIpc) is 3.35. The van der Waals surface area contributed by atoms with Crippen LogP contribution in [0.2, 0.25) is 0 Å². The van der Waals surface area contributed by atoms with Gasteiger partial charge in [0.05, 0.1) is 5.69 Å². The van der Waals surface area contributed by atoms with Crippen molar-refractivity contribution in [3.8, 4) is 5.75 Å². The molecule has 1 aromatic heterocycles. The van der Waals surface area contributed by atoms with E-state index < -0.39 is 0 Å². The van der Waals surface area contributed by atoms with E-state index in [0.29, 0.717) is 33.8 Å². The molecule has 0 radical (unpaired) electrons. The summed E-state index contributed by atoms with van der Waals surface area (Å²) in [5.41, 5.74) is 6.67. The van der Waals surface area contributed by atoms with Crippen molar-refractivity contribution in [3.63, 3.8) is 0 Å². The number of aromatic nitrogens is 1. The van der Waals surface area contributed by atoms with Gasteiger partial charge in [-0.15, -0.1) is 36.2 Å². The van der Waals surface area contributed by atoms with E-state index >= 15 is 0 Å². The third kappa shape index (κ3) is 6.09. The number of carbonyl (C=O) groups is 1. The lowest BCUT2D eigenvalue weighted by Crippen LogP contribution is -2.38. The second kappa shape index (κ2) is 10.1. The van der Waals surface area contributed by atoms with Gasteiger partial charge in [-0.05, 0) is 49.9 Å². The first-order chi connectivity index (χ1) is 11.5. The Hall–Kier alpha value is -1.41. The van der Waals surface area contributed by atoms with Crippen LogP contribution < -0.4 is 15.8 Å². The van der Waals surface area contributed by atoms with Crippen LogP contribution in [0.1, 0.15) is 33.2 Å². The molecule has 1 saturated carbocycles. The van der Waals surface area contributed by atoms with Crippen LogP contribution in [0.3, 0.4) is 0 Å². The van der Waals surface area contributed by atoms with Crippen molar-refractivity contribution in [1.29, 1.82) is 0 Å². The molecule has 26 heavy (non-hydrogen) atoms. The summed E-state index contributed by atoms with van der Waals surface area (Å²) in [7, 11) is 0. The highest BCUT2D eigenvalue weighted by atomic mass is 35.5. The van der Waals surface area contributed by atoms with Crippen LogP contribution in [-0.2, 0) is 6.61 Å². The van der Waals surface area contributed by atoms with Gasteiger partial charge in [-0.25, -0.2) is 9.37 Å². The van der Waals surface area contributed by atoms with E-state index in [-0.39, 0.29) is 49.2 Å². The second-order valence-corrected chi connectivity index (χ2v) is 7.06. The van der Waals surface area contributed by atoms with Crippen molar-refractivity contribution in [3.05, 3.63) is 45.7 Å². The molecular formula is C17H22Cl2FN3O2S. The number of hydrogen-bond acceptors (Lipinski definition) is 5. The zero-order chi connectivity index (χ0) is 17.1. The molecule has 3 N–H and O–H groups in total. The molecule has 1 atom stereocenters. The Morgan fingerprint density at radius 1 is 1.38 bits per heavy atom. The molecule has 0 aliphatic heterocycles. The molecule has 1 aliphatic carbocycles. The van der Waals surface area contributed by atoms with Crippen molar-refractivity contribution >= 4 is 42.1 Å². The van der Waals surface area contributed by atoms with Gasteiger partial charge in [-0.2, -0.15) is 0 Å². The Kier molecular flexibility index (Phi) is 8.76. The van der Waals surface area contributed by atoms with Gasteiger partial charge < -0.3 is 15.8 Å². The Labute approximate surface area is 168 Å².